The minimum Gasteiger partial charge on any atom is -0.341 e. The molecule has 0 saturated heterocycles. The van der Waals surface area contributed by atoms with Crippen LogP contribution < -0.4 is 5.73 Å². The second kappa shape index (κ2) is 10.8. The summed E-state index contributed by atoms with van der Waals surface area (Å²) in [5.41, 5.74) is 6.88. The van der Waals surface area contributed by atoms with Gasteiger partial charge in [0.25, 0.3) is 0 Å². The standard InChI is InChI=1S/C19H22N4O2S.ClH/c20-11-13-23(12-10-15-5-2-1-3-6-15)18(24)9-8-17-21-19(22-25-17)16-7-4-14-26-16;/h1-7,14H,8-13,20H2;1H. The summed E-state index contributed by atoms with van der Waals surface area (Å²) in [6.45, 7) is 1.66. The first-order chi connectivity index (χ1) is 12.8. The Morgan fingerprint density at radius 1 is 1.11 bits per heavy atom. The molecule has 0 unspecified atom stereocenters. The lowest BCUT2D eigenvalue weighted by molar-refractivity contribution is -0.131. The van der Waals surface area contributed by atoms with Crippen molar-refractivity contribution >= 4 is 29.7 Å². The summed E-state index contributed by atoms with van der Waals surface area (Å²) in [4.78, 5) is 19.7. The number of halogens is 1. The molecule has 0 atom stereocenters. The number of aryl methyl sites for hydroxylation is 1. The predicted octanol–water partition coefficient (Wildman–Crippen LogP) is 3.18. The predicted molar refractivity (Wildman–Crippen MR) is 109 cm³/mol. The molecule has 0 radical (unpaired) electrons. The van der Waals surface area contributed by atoms with Crippen molar-refractivity contribution in [3.63, 3.8) is 0 Å². The van der Waals surface area contributed by atoms with E-state index in [1.54, 1.807) is 11.3 Å². The van der Waals surface area contributed by atoms with Crippen LogP contribution >= 0.6 is 23.7 Å². The van der Waals surface area contributed by atoms with Crippen LogP contribution in [0.3, 0.4) is 0 Å². The van der Waals surface area contributed by atoms with Gasteiger partial charge in [-0.05, 0) is 23.4 Å². The average Bonchev–Trinajstić information content (AvgIpc) is 3.35. The summed E-state index contributed by atoms with van der Waals surface area (Å²) >= 11 is 1.56. The van der Waals surface area contributed by atoms with Crippen molar-refractivity contribution in [1.82, 2.24) is 15.0 Å². The van der Waals surface area contributed by atoms with Gasteiger partial charge in [0.15, 0.2) is 0 Å². The first-order valence-electron chi connectivity index (χ1n) is 8.64. The number of carbonyl (C=O) groups excluding carboxylic acids is 1. The zero-order chi connectivity index (χ0) is 18.2. The monoisotopic (exact) mass is 406 g/mol. The molecule has 0 spiro atoms. The lowest BCUT2D eigenvalue weighted by Crippen LogP contribution is -2.37. The number of hydrogen-bond acceptors (Lipinski definition) is 6. The van der Waals surface area contributed by atoms with Gasteiger partial charge in [-0.1, -0.05) is 41.6 Å². The zero-order valence-corrected chi connectivity index (χ0v) is 16.5. The van der Waals surface area contributed by atoms with E-state index < -0.39 is 0 Å². The van der Waals surface area contributed by atoms with Gasteiger partial charge in [-0.2, -0.15) is 4.98 Å². The number of aromatic nitrogens is 2. The van der Waals surface area contributed by atoms with Crippen molar-refractivity contribution in [3.05, 3.63) is 59.3 Å². The van der Waals surface area contributed by atoms with E-state index in [-0.39, 0.29) is 18.3 Å². The highest BCUT2D eigenvalue weighted by Gasteiger charge is 2.16. The van der Waals surface area contributed by atoms with E-state index in [0.717, 1.165) is 11.3 Å². The minimum absolute atomic E-state index is 0. The molecule has 3 rings (SSSR count). The molecule has 2 heterocycles. The topological polar surface area (TPSA) is 85.2 Å². The zero-order valence-electron chi connectivity index (χ0n) is 14.9. The second-order valence-corrected chi connectivity index (χ2v) is 6.84. The Kier molecular flexibility index (Phi) is 8.44. The van der Waals surface area contributed by atoms with Gasteiger partial charge in [0.2, 0.25) is 17.6 Å². The maximum Gasteiger partial charge on any atom is 0.227 e. The fourth-order valence-electron chi connectivity index (χ4n) is 2.66. The van der Waals surface area contributed by atoms with Crippen molar-refractivity contribution < 1.29 is 9.32 Å². The van der Waals surface area contributed by atoms with Crippen molar-refractivity contribution in [2.24, 2.45) is 5.73 Å². The van der Waals surface area contributed by atoms with Crippen LogP contribution in [-0.4, -0.2) is 40.6 Å². The molecular formula is C19H23ClN4O2S. The summed E-state index contributed by atoms with van der Waals surface area (Å²) in [6, 6.07) is 14.0. The van der Waals surface area contributed by atoms with Crippen LogP contribution in [0.15, 0.2) is 52.4 Å². The number of rotatable bonds is 9. The molecule has 2 aromatic heterocycles. The van der Waals surface area contributed by atoms with E-state index in [1.807, 2.05) is 40.6 Å². The fourth-order valence-corrected chi connectivity index (χ4v) is 3.31. The van der Waals surface area contributed by atoms with Crippen LogP contribution in [0.25, 0.3) is 10.7 Å². The third kappa shape index (κ3) is 6.16. The molecule has 0 fully saturated rings. The number of benzene rings is 1. The van der Waals surface area contributed by atoms with Gasteiger partial charge in [0.1, 0.15) is 0 Å². The van der Waals surface area contributed by atoms with E-state index in [9.17, 15) is 4.79 Å². The third-order valence-electron chi connectivity index (χ3n) is 4.03. The Morgan fingerprint density at radius 2 is 1.93 bits per heavy atom. The molecule has 0 saturated carbocycles. The van der Waals surface area contributed by atoms with Gasteiger partial charge in [0.05, 0.1) is 4.88 Å². The largest absolute Gasteiger partial charge is 0.341 e. The minimum atomic E-state index is 0. The Hall–Kier alpha value is -2.22. The number of amides is 1. The van der Waals surface area contributed by atoms with Crippen LogP contribution in [0.4, 0.5) is 0 Å². The molecule has 1 aromatic carbocycles. The number of nitrogens with two attached hydrogens (primary N) is 1. The van der Waals surface area contributed by atoms with Crippen LogP contribution in [0.2, 0.25) is 0 Å². The Labute approximate surface area is 168 Å². The third-order valence-corrected chi connectivity index (χ3v) is 4.89. The smallest absolute Gasteiger partial charge is 0.227 e. The van der Waals surface area contributed by atoms with Gasteiger partial charge < -0.3 is 15.2 Å². The Morgan fingerprint density at radius 3 is 2.63 bits per heavy atom. The molecule has 0 aliphatic heterocycles. The molecular weight excluding hydrogens is 384 g/mol. The maximum atomic E-state index is 12.5. The summed E-state index contributed by atoms with van der Waals surface area (Å²) in [7, 11) is 0. The van der Waals surface area contributed by atoms with Crippen LogP contribution in [0.1, 0.15) is 17.9 Å². The van der Waals surface area contributed by atoms with E-state index >= 15 is 0 Å². The first kappa shape index (κ1) is 21.1. The normalized spacial score (nSPS) is 10.4. The molecule has 2 N–H and O–H groups in total. The number of hydrogen-bond donors (Lipinski definition) is 1. The molecule has 144 valence electrons. The molecule has 0 bridgehead atoms. The van der Waals surface area contributed by atoms with Crippen molar-refractivity contribution in [2.45, 2.75) is 19.3 Å². The van der Waals surface area contributed by atoms with Crippen LogP contribution in [-0.2, 0) is 17.6 Å². The molecule has 0 aliphatic rings. The molecule has 1 amide bonds. The highest BCUT2D eigenvalue weighted by molar-refractivity contribution is 7.13. The summed E-state index contributed by atoms with van der Waals surface area (Å²) < 4.78 is 5.26. The quantitative estimate of drug-likeness (QED) is 0.589. The lowest BCUT2D eigenvalue weighted by Gasteiger charge is -2.22. The average molecular weight is 407 g/mol. The molecule has 8 heteroatoms. The summed E-state index contributed by atoms with van der Waals surface area (Å²) in [5.74, 6) is 1.12. The lowest BCUT2D eigenvalue weighted by atomic mass is 10.1. The highest BCUT2D eigenvalue weighted by atomic mass is 35.5. The van der Waals surface area contributed by atoms with Gasteiger partial charge >= 0.3 is 0 Å². The van der Waals surface area contributed by atoms with Crippen molar-refractivity contribution in [3.8, 4) is 10.7 Å². The van der Waals surface area contributed by atoms with E-state index in [0.29, 0.717) is 44.2 Å². The fraction of sp³-hybridized carbons (Fsp3) is 0.316. The van der Waals surface area contributed by atoms with Gasteiger partial charge in [-0.25, -0.2) is 0 Å². The molecule has 6 nitrogen and oxygen atoms in total. The number of carbonyl (C=O) groups is 1. The Bertz CT molecular complexity index is 808. The molecule has 27 heavy (non-hydrogen) atoms. The van der Waals surface area contributed by atoms with Gasteiger partial charge in [-0.3, -0.25) is 4.79 Å². The summed E-state index contributed by atoms with van der Waals surface area (Å²) in [5, 5.41) is 5.94. The summed E-state index contributed by atoms with van der Waals surface area (Å²) in [6.07, 6.45) is 1.58. The van der Waals surface area contributed by atoms with Crippen LogP contribution in [0, 0.1) is 0 Å². The van der Waals surface area contributed by atoms with Gasteiger partial charge in [-0.15, -0.1) is 23.7 Å². The molecule has 3 aromatic rings. The first-order valence-corrected chi connectivity index (χ1v) is 9.52. The molecule has 0 aliphatic carbocycles. The Balaban J connectivity index is 0.00000261. The van der Waals surface area contributed by atoms with E-state index in [1.165, 1.54) is 5.56 Å². The number of nitrogens with zero attached hydrogens (tertiary/aromatic N) is 3. The van der Waals surface area contributed by atoms with Crippen molar-refractivity contribution in [2.75, 3.05) is 19.6 Å². The highest BCUT2D eigenvalue weighted by Crippen LogP contribution is 2.21. The SMILES string of the molecule is Cl.NCCN(CCc1ccccc1)C(=O)CCc1nc(-c2cccs2)no1. The maximum absolute atomic E-state index is 12.5. The second-order valence-electron chi connectivity index (χ2n) is 5.89. The van der Waals surface area contributed by atoms with E-state index in [2.05, 4.69) is 22.3 Å². The van der Waals surface area contributed by atoms with Gasteiger partial charge in [0, 0.05) is 32.5 Å². The van der Waals surface area contributed by atoms with Crippen molar-refractivity contribution in [1.29, 1.82) is 0 Å². The van der Waals surface area contributed by atoms with E-state index in [4.69, 9.17) is 10.3 Å². The number of thiophene rings is 1. The van der Waals surface area contributed by atoms with Crippen LogP contribution in [0.5, 0.6) is 0 Å².